The van der Waals surface area contributed by atoms with E-state index < -0.39 is 0 Å². The number of rotatable bonds is 1. The minimum absolute atomic E-state index is 0.145. The minimum atomic E-state index is -0.218. The summed E-state index contributed by atoms with van der Waals surface area (Å²) in [7, 11) is 0. The molecule has 1 aliphatic rings. The Morgan fingerprint density at radius 1 is 0.842 bits per heavy atom. The fourth-order valence-electron chi connectivity index (χ4n) is 2.65. The lowest BCUT2D eigenvalue weighted by Crippen LogP contribution is -2.24. The highest BCUT2D eigenvalue weighted by atomic mass is 16.1. The van der Waals surface area contributed by atoms with Gasteiger partial charge in [0.1, 0.15) is 0 Å². The number of carbonyl (C=O) groups is 1. The van der Waals surface area contributed by atoms with Crippen molar-refractivity contribution < 1.29 is 4.79 Å². The smallest absolute Gasteiger partial charge is 0.225 e. The van der Waals surface area contributed by atoms with Crippen molar-refractivity contribution in [2.75, 3.05) is 6.54 Å². The molecule has 1 rings (SSSR count). The average molecular weight is 266 g/mol. The lowest BCUT2D eigenvalue weighted by atomic mass is 10.00. The largest absolute Gasteiger partial charge is 0.369 e. The fraction of sp³-hybridized carbons (Fsp3) is 0.875. The van der Waals surface area contributed by atoms with Crippen LogP contribution in [0.25, 0.3) is 0 Å². The standard InChI is InChI=1S/C16H30N2O/c17-16(19)15-12-10-8-6-4-2-1-3-5-7-9-11-13-18-14-15/h14-15H,1-13H2,(H2,17,19). The molecule has 0 aromatic heterocycles. The van der Waals surface area contributed by atoms with Gasteiger partial charge in [-0.15, -0.1) is 0 Å². The number of nitrogens with zero attached hydrogens (tertiary/aromatic N) is 1. The van der Waals surface area contributed by atoms with Crippen molar-refractivity contribution in [1.29, 1.82) is 0 Å². The molecule has 3 heteroatoms. The lowest BCUT2D eigenvalue weighted by Gasteiger charge is -2.08. The van der Waals surface area contributed by atoms with E-state index in [4.69, 9.17) is 5.73 Å². The number of hydrogen-bond acceptors (Lipinski definition) is 2. The normalized spacial score (nSPS) is 24.9. The quantitative estimate of drug-likeness (QED) is 0.770. The van der Waals surface area contributed by atoms with Crippen LogP contribution >= 0.6 is 0 Å². The summed E-state index contributed by atoms with van der Waals surface area (Å²) in [4.78, 5) is 15.7. The summed E-state index contributed by atoms with van der Waals surface area (Å²) in [6.07, 6.45) is 16.9. The zero-order valence-corrected chi connectivity index (χ0v) is 12.3. The number of nitrogens with two attached hydrogens (primary N) is 1. The van der Waals surface area contributed by atoms with Gasteiger partial charge in [-0.1, -0.05) is 64.2 Å². The molecule has 1 heterocycles. The summed E-state index contributed by atoms with van der Waals surface area (Å²) >= 11 is 0. The minimum Gasteiger partial charge on any atom is -0.369 e. The molecule has 0 aromatic carbocycles. The van der Waals surface area contributed by atoms with Gasteiger partial charge < -0.3 is 5.73 Å². The van der Waals surface area contributed by atoms with E-state index in [0.717, 1.165) is 25.8 Å². The van der Waals surface area contributed by atoms with Crippen molar-refractivity contribution in [3.8, 4) is 0 Å². The summed E-state index contributed by atoms with van der Waals surface area (Å²) in [5, 5.41) is 0. The van der Waals surface area contributed by atoms with Crippen LogP contribution in [-0.2, 0) is 4.79 Å². The molecular weight excluding hydrogens is 236 g/mol. The first-order valence-electron chi connectivity index (χ1n) is 8.10. The Balaban J connectivity index is 2.34. The number of primary amides is 1. The molecule has 3 nitrogen and oxygen atoms in total. The molecular formula is C16H30N2O. The molecule has 1 amide bonds. The molecule has 1 aliphatic heterocycles. The van der Waals surface area contributed by atoms with Gasteiger partial charge in [-0.05, 0) is 12.8 Å². The van der Waals surface area contributed by atoms with Crippen molar-refractivity contribution in [1.82, 2.24) is 0 Å². The predicted octanol–water partition coefficient (Wildman–Crippen LogP) is 3.85. The Labute approximate surface area is 118 Å². The number of carbonyl (C=O) groups excluding carboxylic acids is 1. The molecule has 2 N–H and O–H groups in total. The third-order valence-corrected chi connectivity index (χ3v) is 3.95. The van der Waals surface area contributed by atoms with Crippen LogP contribution in [-0.4, -0.2) is 18.7 Å². The Kier molecular flexibility index (Phi) is 9.38. The highest BCUT2D eigenvalue weighted by Crippen LogP contribution is 2.14. The molecule has 0 fully saturated rings. The number of aliphatic imine (C=N–C) groups is 1. The first-order valence-corrected chi connectivity index (χ1v) is 8.10. The van der Waals surface area contributed by atoms with E-state index in [2.05, 4.69) is 4.99 Å². The van der Waals surface area contributed by atoms with Crippen LogP contribution in [0.3, 0.4) is 0 Å². The van der Waals surface area contributed by atoms with E-state index in [1.807, 2.05) is 0 Å². The summed E-state index contributed by atoms with van der Waals surface area (Å²) < 4.78 is 0. The van der Waals surface area contributed by atoms with Gasteiger partial charge in [-0.3, -0.25) is 9.79 Å². The molecule has 1 unspecified atom stereocenters. The van der Waals surface area contributed by atoms with Crippen LogP contribution in [0.5, 0.6) is 0 Å². The lowest BCUT2D eigenvalue weighted by molar-refractivity contribution is -0.119. The van der Waals surface area contributed by atoms with Gasteiger partial charge in [-0.25, -0.2) is 0 Å². The second-order valence-corrected chi connectivity index (χ2v) is 5.74. The third kappa shape index (κ3) is 8.79. The van der Waals surface area contributed by atoms with Gasteiger partial charge >= 0.3 is 0 Å². The molecule has 0 radical (unpaired) electrons. The van der Waals surface area contributed by atoms with E-state index >= 15 is 0 Å². The van der Waals surface area contributed by atoms with Gasteiger partial charge in [0.25, 0.3) is 0 Å². The number of hydrogen-bond donors (Lipinski definition) is 1. The van der Waals surface area contributed by atoms with Crippen molar-refractivity contribution >= 4 is 12.1 Å². The van der Waals surface area contributed by atoms with E-state index in [-0.39, 0.29) is 11.8 Å². The predicted molar refractivity (Wildman–Crippen MR) is 81.4 cm³/mol. The SMILES string of the molecule is NC(=O)C1C=NCCCCCCCCCCCCC1. The molecule has 0 bridgehead atoms. The Morgan fingerprint density at radius 3 is 1.84 bits per heavy atom. The van der Waals surface area contributed by atoms with E-state index in [1.165, 1.54) is 57.8 Å². The van der Waals surface area contributed by atoms with E-state index in [1.54, 1.807) is 6.21 Å². The summed E-state index contributed by atoms with van der Waals surface area (Å²) in [5.74, 6) is -0.363. The summed E-state index contributed by atoms with van der Waals surface area (Å²) in [5.41, 5.74) is 5.42. The second kappa shape index (κ2) is 11.0. The maximum Gasteiger partial charge on any atom is 0.225 e. The topological polar surface area (TPSA) is 55.5 Å². The van der Waals surface area contributed by atoms with Gasteiger partial charge in [-0.2, -0.15) is 0 Å². The first kappa shape index (κ1) is 16.2. The van der Waals surface area contributed by atoms with Crippen LogP contribution in [0.1, 0.15) is 77.0 Å². The van der Waals surface area contributed by atoms with Crippen molar-refractivity contribution in [2.24, 2.45) is 16.6 Å². The Hall–Kier alpha value is -0.860. The van der Waals surface area contributed by atoms with Gasteiger partial charge in [0.05, 0.1) is 5.92 Å². The van der Waals surface area contributed by atoms with E-state index in [0.29, 0.717) is 0 Å². The number of amides is 1. The van der Waals surface area contributed by atoms with Crippen LogP contribution < -0.4 is 5.73 Å². The maximum atomic E-state index is 11.3. The van der Waals surface area contributed by atoms with Crippen molar-refractivity contribution in [2.45, 2.75) is 77.0 Å². The molecule has 19 heavy (non-hydrogen) atoms. The molecule has 0 aromatic rings. The molecule has 0 saturated carbocycles. The van der Waals surface area contributed by atoms with Crippen molar-refractivity contribution in [3.63, 3.8) is 0 Å². The van der Waals surface area contributed by atoms with Crippen LogP contribution in [0.4, 0.5) is 0 Å². The first-order chi connectivity index (χ1) is 9.30. The zero-order valence-electron chi connectivity index (χ0n) is 12.3. The molecule has 0 aliphatic carbocycles. The highest BCUT2D eigenvalue weighted by molar-refractivity contribution is 5.92. The molecule has 110 valence electrons. The molecule has 1 atom stereocenters. The van der Waals surface area contributed by atoms with Gasteiger partial charge in [0, 0.05) is 12.8 Å². The summed E-state index contributed by atoms with van der Waals surface area (Å²) in [6, 6.07) is 0. The molecule has 0 saturated heterocycles. The maximum absolute atomic E-state index is 11.3. The average Bonchev–Trinajstić information content (AvgIpc) is 2.38. The third-order valence-electron chi connectivity index (χ3n) is 3.95. The molecule has 0 spiro atoms. The van der Waals surface area contributed by atoms with Crippen LogP contribution in [0, 0.1) is 5.92 Å². The van der Waals surface area contributed by atoms with E-state index in [9.17, 15) is 4.79 Å². The Bertz CT molecular complexity index is 263. The fourth-order valence-corrected chi connectivity index (χ4v) is 2.65. The summed E-state index contributed by atoms with van der Waals surface area (Å²) in [6.45, 7) is 0.851. The van der Waals surface area contributed by atoms with Gasteiger partial charge in [0.15, 0.2) is 0 Å². The van der Waals surface area contributed by atoms with Crippen LogP contribution in [0.2, 0.25) is 0 Å². The van der Waals surface area contributed by atoms with Gasteiger partial charge in [0.2, 0.25) is 5.91 Å². The van der Waals surface area contributed by atoms with Crippen LogP contribution in [0.15, 0.2) is 4.99 Å². The second-order valence-electron chi connectivity index (χ2n) is 5.74. The van der Waals surface area contributed by atoms with Crippen molar-refractivity contribution in [3.05, 3.63) is 0 Å². The highest BCUT2D eigenvalue weighted by Gasteiger charge is 2.11. The Morgan fingerprint density at radius 2 is 1.32 bits per heavy atom. The zero-order chi connectivity index (χ0) is 13.8. The monoisotopic (exact) mass is 266 g/mol.